The van der Waals surface area contributed by atoms with Crippen molar-refractivity contribution in [1.29, 1.82) is 0 Å². The summed E-state index contributed by atoms with van der Waals surface area (Å²) in [5.41, 5.74) is 2.87. The molecule has 0 amide bonds. The second-order valence-corrected chi connectivity index (χ2v) is 9.22. The number of hydrogen-bond acceptors (Lipinski definition) is 3. The standard InChI is InChI=1S/C13H6Br3ClN2S/c1-5-2-6(14)3-7-10(5)18-13(19-12(7)17)8-4-9(15)20-11(8)16/h2-4H,1H3. The zero-order chi connectivity index (χ0) is 14.4. The molecule has 7 heteroatoms. The smallest absolute Gasteiger partial charge is 0.163 e. The van der Waals surface area contributed by atoms with Gasteiger partial charge in [-0.1, -0.05) is 27.5 Å². The fourth-order valence-corrected chi connectivity index (χ4v) is 5.52. The maximum atomic E-state index is 6.32. The molecule has 0 aliphatic heterocycles. The van der Waals surface area contributed by atoms with Crippen LogP contribution in [0.4, 0.5) is 0 Å². The summed E-state index contributed by atoms with van der Waals surface area (Å²) in [6.07, 6.45) is 0. The monoisotopic (exact) mass is 494 g/mol. The number of aryl methyl sites for hydroxylation is 1. The number of halogens is 4. The summed E-state index contributed by atoms with van der Waals surface area (Å²) >= 11 is 18.4. The molecule has 102 valence electrons. The van der Waals surface area contributed by atoms with Gasteiger partial charge in [-0.3, -0.25) is 0 Å². The highest BCUT2D eigenvalue weighted by molar-refractivity contribution is 9.12. The van der Waals surface area contributed by atoms with Gasteiger partial charge in [0.25, 0.3) is 0 Å². The molecule has 0 saturated carbocycles. The van der Waals surface area contributed by atoms with E-state index in [-0.39, 0.29) is 0 Å². The van der Waals surface area contributed by atoms with E-state index in [1.165, 1.54) is 0 Å². The van der Waals surface area contributed by atoms with E-state index in [1.54, 1.807) is 11.3 Å². The van der Waals surface area contributed by atoms with Crippen LogP contribution in [0.2, 0.25) is 5.15 Å². The summed E-state index contributed by atoms with van der Waals surface area (Å²) in [7, 11) is 0. The molecule has 2 nitrogen and oxygen atoms in total. The number of rotatable bonds is 1. The second-order valence-electron chi connectivity index (χ2n) is 4.19. The Kier molecular flexibility index (Phi) is 4.21. The lowest BCUT2D eigenvalue weighted by molar-refractivity contribution is 1.22. The van der Waals surface area contributed by atoms with Crippen LogP contribution in [0.15, 0.2) is 30.2 Å². The highest BCUT2D eigenvalue weighted by atomic mass is 79.9. The minimum atomic E-state index is 0.462. The van der Waals surface area contributed by atoms with Crippen molar-refractivity contribution in [3.63, 3.8) is 0 Å². The van der Waals surface area contributed by atoms with E-state index in [0.29, 0.717) is 11.0 Å². The molecule has 0 bridgehead atoms. The van der Waals surface area contributed by atoms with Crippen molar-refractivity contribution in [2.45, 2.75) is 6.92 Å². The zero-order valence-corrected chi connectivity index (χ0v) is 16.4. The third-order valence-electron chi connectivity index (χ3n) is 2.81. The molecule has 0 spiro atoms. The maximum absolute atomic E-state index is 6.32. The van der Waals surface area contributed by atoms with E-state index < -0.39 is 0 Å². The van der Waals surface area contributed by atoms with Crippen LogP contribution >= 0.6 is 70.7 Å². The van der Waals surface area contributed by atoms with Crippen molar-refractivity contribution in [3.8, 4) is 11.4 Å². The normalized spacial score (nSPS) is 11.2. The Morgan fingerprint density at radius 2 is 1.85 bits per heavy atom. The van der Waals surface area contributed by atoms with E-state index in [1.807, 2.05) is 25.1 Å². The summed E-state index contributed by atoms with van der Waals surface area (Å²) in [6, 6.07) is 5.95. The number of fused-ring (bicyclic) bond motifs is 1. The molecule has 3 aromatic rings. The lowest BCUT2D eigenvalue weighted by Crippen LogP contribution is -1.93. The van der Waals surface area contributed by atoms with Crippen LogP contribution in [0.5, 0.6) is 0 Å². The van der Waals surface area contributed by atoms with Gasteiger partial charge in [0.1, 0.15) is 5.15 Å². The molecular formula is C13H6Br3ClN2S. The number of hydrogen-bond donors (Lipinski definition) is 0. The number of aromatic nitrogens is 2. The minimum Gasteiger partial charge on any atom is -0.228 e. The molecule has 3 rings (SSSR count). The van der Waals surface area contributed by atoms with Gasteiger partial charge < -0.3 is 0 Å². The van der Waals surface area contributed by atoms with Crippen LogP contribution in [-0.2, 0) is 0 Å². The third-order valence-corrected chi connectivity index (χ3v) is 5.89. The second kappa shape index (κ2) is 5.65. The van der Waals surface area contributed by atoms with Gasteiger partial charge in [-0.05, 0) is 62.5 Å². The van der Waals surface area contributed by atoms with Crippen LogP contribution in [0.25, 0.3) is 22.3 Å². The van der Waals surface area contributed by atoms with Gasteiger partial charge in [0.05, 0.1) is 13.1 Å². The maximum Gasteiger partial charge on any atom is 0.163 e. The molecule has 0 N–H and O–H groups in total. The average molecular weight is 497 g/mol. The highest BCUT2D eigenvalue weighted by Crippen LogP contribution is 2.38. The quantitative estimate of drug-likeness (QED) is 0.354. The fraction of sp³-hybridized carbons (Fsp3) is 0.0769. The Bertz CT molecular complexity index is 832. The van der Waals surface area contributed by atoms with E-state index in [4.69, 9.17) is 11.6 Å². The van der Waals surface area contributed by atoms with Crippen molar-refractivity contribution in [2.24, 2.45) is 0 Å². The molecule has 0 unspecified atom stereocenters. The van der Waals surface area contributed by atoms with Crippen LogP contribution in [0.3, 0.4) is 0 Å². The van der Waals surface area contributed by atoms with Crippen LogP contribution in [0.1, 0.15) is 5.56 Å². The number of thiophene rings is 1. The van der Waals surface area contributed by atoms with Gasteiger partial charge in [-0.2, -0.15) is 0 Å². The molecule has 2 aromatic heterocycles. The van der Waals surface area contributed by atoms with Crippen molar-refractivity contribution in [1.82, 2.24) is 9.97 Å². The van der Waals surface area contributed by atoms with Crippen molar-refractivity contribution >= 4 is 81.6 Å². The van der Waals surface area contributed by atoms with Gasteiger partial charge >= 0.3 is 0 Å². The first-order chi connectivity index (χ1) is 9.45. The van der Waals surface area contributed by atoms with Crippen LogP contribution in [0, 0.1) is 6.92 Å². The van der Waals surface area contributed by atoms with Gasteiger partial charge in [0.15, 0.2) is 5.82 Å². The SMILES string of the molecule is Cc1cc(Br)cc2c(Cl)nc(-c3cc(Br)sc3Br)nc12. The van der Waals surface area contributed by atoms with E-state index in [9.17, 15) is 0 Å². The first kappa shape index (κ1) is 14.9. The van der Waals surface area contributed by atoms with Gasteiger partial charge in [-0.25, -0.2) is 9.97 Å². The Hall–Kier alpha value is -0.0100. The molecule has 0 radical (unpaired) electrons. The first-order valence-electron chi connectivity index (χ1n) is 5.54. The topological polar surface area (TPSA) is 25.8 Å². The molecule has 0 fully saturated rings. The largest absolute Gasteiger partial charge is 0.228 e. The predicted molar refractivity (Wildman–Crippen MR) is 95.7 cm³/mol. The van der Waals surface area contributed by atoms with Gasteiger partial charge in [0, 0.05) is 15.4 Å². The van der Waals surface area contributed by atoms with Gasteiger partial charge in [-0.15, -0.1) is 11.3 Å². The first-order valence-corrected chi connectivity index (χ1v) is 9.11. The summed E-state index contributed by atoms with van der Waals surface area (Å²) in [5.74, 6) is 0.627. The molecule has 20 heavy (non-hydrogen) atoms. The summed E-state index contributed by atoms with van der Waals surface area (Å²) in [6.45, 7) is 2.01. The van der Waals surface area contributed by atoms with Crippen LogP contribution < -0.4 is 0 Å². The Morgan fingerprint density at radius 3 is 2.50 bits per heavy atom. The van der Waals surface area contributed by atoms with E-state index in [0.717, 1.165) is 34.1 Å². The third kappa shape index (κ3) is 2.68. The highest BCUT2D eigenvalue weighted by Gasteiger charge is 2.14. The molecule has 0 atom stereocenters. The molecule has 0 aliphatic carbocycles. The Balaban J connectivity index is 2.32. The summed E-state index contributed by atoms with van der Waals surface area (Å²) in [4.78, 5) is 9.08. The number of nitrogens with zero attached hydrogens (tertiary/aromatic N) is 2. The van der Waals surface area contributed by atoms with Gasteiger partial charge in [0.2, 0.25) is 0 Å². The lowest BCUT2D eigenvalue weighted by atomic mass is 10.1. The Labute approximate surface area is 150 Å². The fourth-order valence-electron chi connectivity index (χ4n) is 1.94. The minimum absolute atomic E-state index is 0.462. The summed E-state index contributed by atoms with van der Waals surface area (Å²) in [5, 5.41) is 1.32. The van der Waals surface area contributed by atoms with Crippen molar-refractivity contribution in [2.75, 3.05) is 0 Å². The van der Waals surface area contributed by atoms with E-state index >= 15 is 0 Å². The van der Waals surface area contributed by atoms with Crippen molar-refractivity contribution in [3.05, 3.63) is 41.0 Å². The molecule has 2 heterocycles. The zero-order valence-electron chi connectivity index (χ0n) is 10.0. The Morgan fingerprint density at radius 1 is 1.10 bits per heavy atom. The van der Waals surface area contributed by atoms with E-state index in [2.05, 4.69) is 57.8 Å². The van der Waals surface area contributed by atoms with Crippen LogP contribution in [-0.4, -0.2) is 9.97 Å². The number of benzene rings is 1. The predicted octanol–water partition coefficient (Wildman–Crippen LogP) is 6.61. The molecular weight excluding hydrogens is 491 g/mol. The lowest BCUT2D eigenvalue weighted by Gasteiger charge is -2.07. The van der Waals surface area contributed by atoms with Crippen molar-refractivity contribution < 1.29 is 0 Å². The molecule has 1 aromatic carbocycles. The molecule has 0 saturated heterocycles. The average Bonchev–Trinajstić information content (AvgIpc) is 2.69. The molecule has 0 aliphatic rings. The summed E-state index contributed by atoms with van der Waals surface area (Å²) < 4.78 is 2.97.